The summed E-state index contributed by atoms with van der Waals surface area (Å²) < 4.78 is 27.5. The predicted octanol–water partition coefficient (Wildman–Crippen LogP) is 0.833. The Hall–Kier alpha value is -1.44. The minimum absolute atomic E-state index is 0.00795. The Labute approximate surface area is 119 Å². The molecule has 0 aliphatic rings. The number of hydrogen-bond acceptors (Lipinski definition) is 4. The van der Waals surface area contributed by atoms with Crippen molar-refractivity contribution in [2.45, 2.75) is 18.7 Å². The number of carbonyl (C=O) groups excluding carboxylic acids is 1. The van der Waals surface area contributed by atoms with Gasteiger partial charge in [0.25, 0.3) is 5.91 Å². The Balaban J connectivity index is 2.80. The monoisotopic (exact) mass is 300 g/mol. The summed E-state index contributed by atoms with van der Waals surface area (Å²) >= 11 is 0. The molecule has 112 valence electrons. The molecule has 0 saturated heterocycles. The molecule has 1 aromatic rings. The lowest BCUT2D eigenvalue weighted by molar-refractivity contribution is 0.0669. The number of sulfonamides is 1. The van der Waals surface area contributed by atoms with Crippen LogP contribution < -0.4 is 5.14 Å². The summed E-state index contributed by atoms with van der Waals surface area (Å²) in [6.45, 7) is 5.91. The Kier molecular flexibility index (Phi) is 6.12. The zero-order chi connectivity index (χ0) is 15.2. The number of benzene rings is 1. The van der Waals surface area contributed by atoms with Crippen LogP contribution in [0.2, 0.25) is 0 Å². The van der Waals surface area contributed by atoms with E-state index in [-0.39, 0.29) is 10.8 Å². The summed E-state index contributed by atoms with van der Waals surface area (Å²) in [6.07, 6.45) is 0. The van der Waals surface area contributed by atoms with E-state index in [1.54, 1.807) is 4.90 Å². The highest BCUT2D eigenvalue weighted by Crippen LogP contribution is 2.11. The van der Waals surface area contributed by atoms with Crippen LogP contribution in [-0.4, -0.2) is 45.5 Å². The van der Waals surface area contributed by atoms with Crippen LogP contribution in [0.3, 0.4) is 0 Å². The maximum atomic E-state index is 12.2. The normalized spacial score (nSPS) is 11.3. The summed E-state index contributed by atoms with van der Waals surface area (Å²) in [4.78, 5) is 13.9. The second-order valence-electron chi connectivity index (χ2n) is 4.15. The van der Waals surface area contributed by atoms with Gasteiger partial charge in [0.05, 0.1) is 11.5 Å². The van der Waals surface area contributed by atoms with Gasteiger partial charge in [0.15, 0.2) is 0 Å². The molecule has 0 atom stereocenters. The molecule has 1 amide bonds. The van der Waals surface area contributed by atoms with Gasteiger partial charge in [0, 0.05) is 25.3 Å². The topological polar surface area (TPSA) is 89.7 Å². The standard InChI is InChI=1S/C13H20N2O4S/c1-3-15(9-10-19-4-2)13(16)11-5-7-12(8-6-11)20(14,17)18/h5-8H,3-4,9-10H2,1-2H3,(H2,14,17,18). The molecule has 1 rings (SSSR count). The quantitative estimate of drug-likeness (QED) is 0.755. The summed E-state index contributed by atoms with van der Waals surface area (Å²) in [5.74, 6) is -0.159. The molecule has 0 fully saturated rings. The SMILES string of the molecule is CCOCCN(CC)C(=O)c1ccc(S(N)(=O)=O)cc1. The summed E-state index contributed by atoms with van der Waals surface area (Å²) in [5, 5.41) is 5.01. The minimum Gasteiger partial charge on any atom is -0.380 e. The zero-order valence-electron chi connectivity index (χ0n) is 11.7. The molecule has 0 aromatic heterocycles. The average molecular weight is 300 g/mol. The molecule has 20 heavy (non-hydrogen) atoms. The fourth-order valence-electron chi connectivity index (χ4n) is 1.69. The molecule has 1 aromatic carbocycles. The molecule has 0 saturated carbocycles. The van der Waals surface area contributed by atoms with Crippen LogP contribution in [0, 0.1) is 0 Å². The largest absolute Gasteiger partial charge is 0.380 e. The highest BCUT2D eigenvalue weighted by molar-refractivity contribution is 7.89. The maximum absolute atomic E-state index is 12.2. The van der Waals surface area contributed by atoms with E-state index in [0.717, 1.165) is 0 Å². The molecule has 0 heterocycles. The van der Waals surface area contributed by atoms with Crippen molar-refractivity contribution in [1.82, 2.24) is 4.90 Å². The second-order valence-corrected chi connectivity index (χ2v) is 5.71. The van der Waals surface area contributed by atoms with Gasteiger partial charge in [-0.15, -0.1) is 0 Å². The van der Waals surface area contributed by atoms with E-state index in [1.165, 1.54) is 24.3 Å². The van der Waals surface area contributed by atoms with Gasteiger partial charge in [0.2, 0.25) is 10.0 Å². The first-order valence-corrected chi connectivity index (χ1v) is 7.94. The lowest BCUT2D eigenvalue weighted by Gasteiger charge is -2.20. The molecule has 0 radical (unpaired) electrons. The van der Waals surface area contributed by atoms with Gasteiger partial charge in [-0.3, -0.25) is 4.79 Å². The highest BCUT2D eigenvalue weighted by Gasteiger charge is 2.15. The van der Waals surface area contributed by atoms with Crippen molar-refractivity contribution in [3.8, 4) is 0 Å². The molecular weight excluding hydrogens is 280 g/mol. The summed E-state index contributed by atoms with van der Waals surface area (Å²) in [7, 11) is -3.73. The average Bonchev–Trinajstić information content (AvgIpc) is 2.42. The zero-order valence-corrected chi connectivity index (χ0v) is 12.5. The third kappa shape index (κ3) is 4.59. The van der Waals surface area contributed by atoms with Crippen LogP contribution in [-0.2, 0) is 14.8 Å². The lowest BCUT2D eigenvalue weighted by atomic mass is 10.2. The van der Waals surface area contributed by atoms with E-state index in [1.807, 2.05) is 13.8 Å². The fourth-order valence-corrected chi connectivity index (χ4v) is 2.21. The summed E-state index contributed by atoms with van der Waals surface area (Å²) in [5.41, 5.74) is 0.427. The Morgan fingerprint density at radius 2 is 1.85 bits per heavy atom. The first-order chi connectivity index (χ1) is 9.40. The van der Waals surface area contributed by atoms with Crippen molar-refractivity contribution < 1.29 is 17.9 Å². The fraction of sp³-hybridized carbons (Fsp3) is 0.462. The van der Waals surface area contributed by atoms with Crippen molar-refractivity contribution in [3.05, 3.63) is 29.8 Å². The van der Waals surface area contributed by atoms with Crippen LogP contribution in [0.5, 0.6) is 0 Å². The van der Waals surface area contributed by atoms with Crippen LogP contribution in [0.4, 0.5) is 0 Å². The van der Waals surface area contributed by atoms with E-state index in [0.29, 0.717) is 31.9 Å². The van der Waals surface area contributed by atoms with Crippen molar-refractivity contribution in [3.63, 3.8) is 0 Å². The minimum atomic E-state index is -3.73. The third-order valence-electron chi connectivity index (χ3n) is 2.81. The molecule has 0 aliphatic heterocycles. The number of likely N-dealkylation sites (N-methyl/N-ethyl adjacent to an activating group) is 1. The van der Waals surface area contributed by atoms with Crippen molar-refractivity contribution in [2.24, 2.45) is 5.14 Å². The number of carbonyl (C=O) groups is 1. The number of amides is 1. The number of ether oxygens (including phenoxy) is 1. The third-order valence-corrected chi connectivity index (χ3v) is 3.74. The second kappa shape index (κ2) is 7.37. The number of nitrogens with zero attached hydrogens (tertiary/aromatic N) is 1. The van der Waals surface area contributed by atoms with Crippen LogP contribution in [0.15, 0.2) is 29.2 Å². The van der Waals surface area contributed by atoms with Gasteiger partial charge in [0.1, 0.15) is 0 Å². The van der Waals surface area contributed by atoms with Crippen LogP contribution in [0.1, 0.15) is 24.2 Å². The first kappa shape index (κ1) is 16.6. The predicted molar refractivity (Wildman–Crippen MR) is 75.9 cm³/mol. The molecule has 6 nitrogen and oxygen atoms in total. The van der Waals surface area contributed by atoms with Gasteiger partial charge in [-0.25, -0.2) is 13.6 Å². The van der Waals surface area contributed by atoms with E-state index in [4.69, 9.17) is 9.88 Å². The molecule has 0 bridgehead atoms. The van der Waals surface area contributed by atoms with Gasteiger partial charge in [-0.1, -0.05) is 0 Å². The number of rotatable bonds is 7. The first-order valence-electron chi connectivity index (χ1n) is 6.40. The smallest absolute Gasteiger partial charge is 0.253 e. The number of nitrogens with two attached hydrogens (primary N) is 1. The molecule has 7 heteroatoms. The van der Waals surface area contributed by atoms with E-state index < -0.39 is 10.0 Å². The van der Waals surface area contributed by atoms with Gasteiger partial charge in [-0.2, -0.15) is 0 Å². The Morgan fingerprint density at radius 3 is 2.30 bits per heavy atom. The van der Waals surface area contributed by atoms with E-state index in [2.05, 4.69) is 0 Å². The number of hydrogen-bond donors (Lipinski definition) is 1. The van der Waals surface area contributed by atoms with Crippen molar-refractivity contribution >= 4 is 15.9 Å². The van der Waals surface area contributed by atoms with E-state index in [9.17, 15) is 13.2 Å². The van der Waals surface area contributed by atoms with Crippen molar-refractivity contribution in [1.29, 1.82) is 0 Å². The molecular formula is C13H20N2O4S. The molecule has 2 N–H and O–H groups in total. The van der Waals surface area contributed by atoms with Crippen LogP contribution in [0.25, 0.3) is 0 Å². The van der Waals surface area contributed by atoms with E-state index >= 15 is 0 Å². The maximum Gasteiger partial charge on any atom is 0.253 e. The van der Waals surface area contributed by atoms with Gasteiger partial charge < -0.3 is 9.64 Å². The lowest BCUT2D eigenvalue weighted by Crippen LogP contribution is -2.33. The van der Waals surface area contributed by atoms with Crippen LogP contribution >= 0.6 is 0 Å². The summed E-state index contributed by atoms with van der Waals surface area (Å²) in [6, 6.07) is 5.59. The number of primary sulfonamides is 1. The molecule has 0 aliphatic carbocycles. The Morgan fingerprint density at radius 1 is 1.25 bits per heavy atom. The Bertz CT molecular complexity index is 540. The molecule has 0 spiro atoms. The van der Waals surface area contributed by atoms with Crippen molar-refractivity contribution in [2.75, 3.05) is 26.3 Å². The highest BCUT2D eigenvalue weighted by atomic mass is 32.2. The van der Waals surface area contributed by atoms with Gasteiger partial charge in [-0.05, 0) is 38.1 Å². The molecule has 0 unspecified atom stereocenters. The van der Waals surface area contributed by atoms with Gasteiger partial charge >= 0.3 is 0 Å².